The molecule has 0 bridgehead atoms. The van der Waals surface area contributed by atoms with Gasteiger partial charge in [0.05, 0.1) is 12.8 Å². The topological polar surface area (TPSA) is 39.2 Å². The molecule has 1 aromatic rings. The maximum Gasteiger partial charge on any atom is 0.433 e. The lowest BCUT2D eigenvalue weighted by Gasteiger charge is -2.14. The van der Waals surface area contributed by atoms with Gasteiger partial charge in [-0.15, -0.1) is 0 Å². The van der Waals surface area contributed by atoms with Gasteiger partial charge in [-0.2, -0.15) is 13.2 Å². The highest BCUT2D eigenvalue weighted by Crippen LogP contribution is 2.31. The average molecular weight is 287 g/mol. The Morgan fingerprint density at radius 2 is 2.10 bits per heavy atom. The summed E-state index contributed by atoms with van der Waals surface area (Å²) in [4.78, 5) is 14.7. The van der Waals surface area contributed by atoms with E-state index in [2.05, 4.69) is 9.72 Å². The highest BCUT2D eigenvalue weighted by molar-refractivity contribution is 5.87. The summed E-state index contributed by atoms with van der Waals surface area (Å²) in [5.41, 5.74) is -0.122. The first-order chi connectivity index (χ1) is 9.29. The number of ether oxygens (including phenoxy) is 1. The smallest absolute Gasteiger partial charge is 0.433 e. The molecule has 0 aliphatic rings. The highest BCUT2D eigenvalue weighted by atomic mass is 19.4. The van der Waals surface area contributed by atoms with Crippen molar-refractivity contribution < 1.29 is 22.7 Å². The number of nitrogens with zero attached hydrogens (tertiary/aromatic N) is 1. The molecule has 3 nitrogen and oxygen atoms in total. The number of halogens is 3. The monoisotopic (exact) mass is 287 g/mol. The van der Waals surface area contributed by atoms with Gasteiger partial charge in [0.25, 0.3) is 0 Å². The van der Waals surface area contributed by atoms with Crippen LogP contribution in [0.2, 0.25) is 0 Å². The number of aromatic nitrogens is 1. The average Bonchev–Trinajstić information content (AvgIpc) is 2.42. The molecule has 0 aromatic carbocycles. The van der Waals surface area contributed by atoms with Crippen LogP contribution in [0.4, 0.5) is 13.2 Å². The molecule has 1 rings (SSSR count). The number of carbonyl (C=O) groups is 1. The molecule has 0 amide bonds. The van der Waals surface area contributed by atoms with Gasteiger partial charge >= 0.3 is 12.1 Å². The van der Waals surface area contributed by atoms with Crippen LogP contribution in [0.3, 0.4) is 0 Å². The number of alkyl halides is 3. The van der Waals surface area contributed by atoms with Gasteiger partial charge in [-0.3, -0.25) is 0 Å². The number of hydrogen-bond acceptors (Lipinski definition) is 3. The normalized spacial score (nSPS) is 13.5. The van der Waals surface area contributed by atoms with Crippen LogP contribution in [-0.2, 0) is 15.7 Å². The van der Waals surface area contributed by atoms with E-state index in [0.717, 1.165) is 12.1 Å². The van der Waals surface area contributed by atoms with Crippen LogP contribution >= 0.6 is 0 Å². The number of hydrogen-bond donors (Lipinski definition) is 0. The molecule has 6 heteroatoms. The van der Waals surface area contributed by atoms with Crippen molar-refractivity contribution in [3.63, 3.8) is 0 Å². The zero-order chi connectivity index (χ0) is 15.3. The fourth-order valence-corrected chi connectivity index (χ4v) is 1.60. The van der Waals surface area contributed by atoms with Gasteiger partial charge in [-0.25, -0.2) is 9.78 Å². The second kappa shape index (κ2) is 6.54. The third-order valence-corrected chi connectivity index (χ3v) is 2.93. The molecular weight excluding hydrogens is 271 g/mol. The predicted molar refractivity (Wildman–Crippen MR) is 69.0 cm³/mol. The molecule has 1 unspecified atom stereocenters. The lowest BCUT2D eigenvalue weighted by molar-refractivity contribution is -0.141. The van der Waals surface area contributed by atoms with E-state index in [1.807, 2.05) is 6.92 Å². The van der Waals surface area contributed by atoms with E-state index < -0.39 is 17.8 Å². The Labute approximate surface area is 115 Å². The number of methoxy groups -OCH3 is 1. The molecule has 0 aliphatic carbocycles. The molecule has 0 fully saturated rings. The van der Waals surface area contributed by atoms with E-state index in [1.54, 1.807) is 6.92 Å². The van der Waals surface area contributed by atoms with Crippen LogP contribution in [-0.4, -0.2) is 18.1 Å². The van der Waals surface area contributed by atoms with Gasteiger partial charge in [0.1, 0.15) is 5.69 Å². The van der Waals surface area contributed by atoms with E-state index in [-0.39, 0.29) is 5.92 Å². The number of esters is 1. The number of rotatable bonds is 4. The second-order valence-electron chi connectivity index (χ2n) is 4.33. The molecule has 1 atom stereocenters. The molecule has 0 spiro atoms. The Hall–Kier alpha value is -1.85. The Bertz CT molecular complexity index is 510. The Morgan fingerprint density at radius 1 is 1.45 bits per heavy atom. The van der Waals surface area contributed by atoms with Gasteiger partial charge in [-0.05, 0) is 30.0 Å². The summed E-state index contributed by atoms with van der Waals surface area (Å²) in [6, 6.07) is 2.22. The van der Waals surface area contributed by atoms with Crippen LogP contribution in [0, 0.1) is 0 Å². The van der Waals surface area contributed by atoms with E-state index in [0.29, 0.717) is 17.7 Å². The Balaban J connectivity index is 3.24. The van der Waals surface area contributed by atoms with Crippen molar-refractivity contribution >= 4 is 12.0 Å². The minimum Gasteiger partial charge on any atom is -0.466 e. The fraction of sp³-hybridized carbons (Fsp3) is 0.429. The maximum atomic E-state index is 12.7. The molecule has 20 heavy (non-hydrogen) atoms. The third kappa shape index (κ3) is 4.08. The largest absolute Gasteiger partial charge is 0.466 e. The van der Waals surface area contributed by atoms with Crippen LogP contribution < -0.4 is 0 Å². The van der Waals surface area contributed by atoms with E-state index in [9.17, 15) is 18.0 Å². The van der Waals surface area contributed by atoms with Gasteiger partial charge < -0.3 is 4.74 Å². The lowest BCUT2D eigenvalue weighted by Crippen LogP contribution is -2.11. The van der Waals surface area contributed by atoms with Crippen LogP contribution in [0.25, 0.3) is 6.08 Å². The molecule has 0 aliphatic heterocycles. The van der Waals surface area contributed by atoms with Crippen molar-refractivity contribution in [3.8, 4) is 0 Å². The van der Waals surface area contributed by atoms with Gasteiger partial charge in [0, 0.05) is 6.08 Å². The van der Waals surface area contributed by atoms with Crippen LogP contribution in [0.1, 0.15) is 43.1 Å². The fourth-order valence-electron chi connectivity index (χ4n) is 1.60. The first kappa shape index (κ1) is 16.2. The zero-order valence-electron chi connectivity index (χ0n) is 11.5. The van der Waals surface area contributed by atoms with Crippen LogP contribution in [0.15, 0.2) is 18.2 Å². The summed E-state index contributed by atoms with van der Waals surface area (Å²) in [7, 11) is 1.23. The highest BCUT2D eigenvalue weighted by Gasteiger charge is 2.33. The summed E-state index contributed by atoms with van der Waals surface area (Å²) in [5.74, 6) is -0.713. The van der Waals surface area contributed by atoms with Gasteiger partial charge in [-0.1, -0.05) is 19.9 Å². The molecule has 0 saturated heterocycles. The Kier molecular flexibility index (Phi) is 5.30. The standard InChI is InChI=1S/C14H16F3NO2/c1-4-9(2)13-10(6-8-12(19)20-3)5-7-11(18-13)14(15,16)17/h5-9H,4H2,1-3H3. The molecule has 110 valence electrons. The molecular formula is C14H16F3NO2. The lowest BCUT2D eigenvalue weighted by atomic mass is 9.98. The zero-order valence-corrected chi connectivity index (χ0v) is 11.5. The summed E-state index contributed by atoms with van der Waals surface area (Å²) in [5, 5.41) is 0. The Morgan fingerprint density at radius 3 is 2.60 bits per heavy atom. The maximum absolute atomic E-state index is 12.7. The quantitative estimate of drug-likeness (QED) is 0.624. The van der Waals surface area contributed by atoms with E-state index in [4.69, 9.17) is 0 Å². The first-order valence-corrected chi connectivity index (χ1v) is 6.13. The summed E-state index contributed by atoms with van der Waals surface area (Å²) >= 11 is 0. The van der Waals surface area contributed by atoms with Crippen molar-refractivity contribution in [2.45, 2.75) is 32.4 Å². The minimum atomic E-state index is -4.48. The van der Waals surface area contributed by atoms with Gasteiger partial charge in [0.15, 0.2) is 0 Å². The van der Waals surface area contributed by atoms with Crippen molar-refractivity contribution in [3.05, 3.63) is 35.2 Å². The van der Waals surface area contributed by atoms with E-state index >= 15 is 0 Å². The number of carbonyl (C=O) groups excluding carboxylic acids is 1. The van der Waals surface area contributed by atoms with Gasteiger partial charge in [0.2, 0.25) is 0 Å². The molecule has 1 heterocycles. The minimum absolute atomic E-state index is 0.144. The summed E-state index contributed by atoms with van der Waals surface area (Å²) in [6.07, 6.45) is -1.25. The molecule has 1 aromatic heterocycles. The summed E-state index contributed by atoms with van der Waals surface area (Å²) in [6.45, 7) is 3.65. The third-order valence-electron chi connectivity index (χ3n) is 2.93. The second-order valence-corrected chi connectivity index (χ2v) is 4.33. The molecule has 0 saturated carbocycles. The van der Waals surface area contributed by atoms with Crippen molar-refractivity contribution in [2.75, 3.05) is 7.11 Å². The van der Waals surface area contributed by atoms with E-state index in [1.165, 1.54) is 19.3 Å². The van der Waals surface area contributed by atoms with Crippen molar-refractivity contribution in [1.82, 2.24) is 4.98 Å². The molecule has 0 radical (unpaired) electrons. The summed E-state index contributed by atoms with van der Waals surface area (Å²) < 4.78 is 42.5. The van der Waals surface area contributed by atoms with Crippen molar-refractivity contribution in [2.24, 2.45) is 0 Å². The van der Waals surface area contributed by atoms with Crippen LogP contribution in [0.5, 0.6) is 0 Å². The SMILES string of the molecule is CCC(C)c1nc(C(F)(F)F)ccc1C=CC(=O)OC. The van der Waals surface area contributed by atoms with Crippen molar-refractivity contribution in [1.29, 1.82) is 0 Å². The number of pyridine rings is 1. The molecule has 0 N–H and O–H groups in total. The first-order valence-electron chi connectivity index (χ1n) is 6.13. The predicted octanol–water partition coefficient (Wildman–Crippen LogP) is 3.80.